The van der Waals surface area contributed by atoms with Gasteiger partial charge in [-0.25, -0.2) is 4.98 Å². The van der Waals surface area contributed by atoms with Crippen LogP contribution in [0.25, 0.3) is 11.0 Å². The van der Waals surface area contributed by atoms with E-state index in [-0.39, 0.29) is 6.61 Å². The van der Waals surface area contributed by atoms with Gasteiger partial charge in [-0.15, -0.1) is 0 Å². The zero-order valence-corrected chi connectivity index (χ0v) is 16.2. The Balaban J connectivity index is 1.95. The van der Waals surface area contributed by atoms with E-state index in [1.54, 1.807) is 25.1 Å². The molecule has 0 aliphatic rings. The van der Waals surface area contributed by atoms with Crippen molar-refractivity contribution >= 4 is 11.0 Å². The maximum absolute atomic E-state index is 9.18. The lowest BCUT2D eigenvalue weighted by Crippen LogP contribution is -2.22. The molecule has 0 saturated heterocycles. The largest absolute Gasteiger partial charge is 0.493 e. The van der Waals surface area contributed by atoms with Crippen molar-refractivity contribution in [3.05, 3.63) is 46.8 Å². The predicted molar refractivity (Wildman–Crippen MR) is 103 cm³/mol. The van der Waals surface area contributed by atoms with E-state index in [9.17, 15) is 5.11 Å². The van der Waals surface area contributed by atoms with Gasteiger partial charge in [-0.05, 0) is 43.5 Å². The van der Waals surface area contributed by atoms with Crippen molar-refractivity contribution in [3.8, 4) is 11.5 Å². The van der Waals surface area contributed by atoms with E-state index in [0.717, 1.165) is 46.6 Å². The minimum absolute atomic E-state index is 0.0121. The molecule has 3 aromatic rings. The van der Waals surface area contributed by atoms with Crippen molar-refractivity contribution in [2.24, 2.45) is 0 Å². The van der Waals surface area contributed by atoms with Crippen molar-refractivity contribution in [2.75, 3.05) is 20.8 Å². The molecule has 7 heteroatoms. The van der Waals surface area contributed by atoms with Crippen LogP contribution in [0.2, 0.25) is 0 Å². The Labute approximate surface area is 158 Å². The van der Waals surface area contributed by atoms with Crippen LogP contribution in [0.5, 0.6) is 11.5 Å². The number of fused-ring (bicyclic) bond motifs is 1. The van der Waals surface area contributed by atoms with Gasteiger partial charge in [0.25, 0.3) is 0 Å². The third kappa shape index (κ3) is 3.42. The number of aromatic nitrogens is 3. The molecule has 1 aromatic carbocycles. The topological polar surface area (TPSA) is 85.3 Å². The third-order valence-corrected chi connectivity index (χ3v) is 5.06. The molecule has 0 amide bonds. The summed E-state index contributed by atoms with van der Waals surface area (Å²) in [5, 5.41) is 18.5. The second kappa shape index (κ2) is 7.84. The number of methoxy groups -OCH3 is 2. The van der Waals surface area contributed by atoms with Gasteiger partial charge in [0.15, 0.2) is 11.5 Å². The van der Waals surface area contributed by atoms with Crippen molar-refractivity contribution in [2.45, 2.75) is 33.4 Å². The standard InChI is InChI=1S/C20H26N4O3/c1-13-14(2)24(20-18(13)19(21)23(9-10-25)12-22-20)8-7-15-5-6-16(26-3)17(11-15)27-4/h5-6,11-12,21,25H,7-10H2,1-4H3. The highest BCUT2D eigenvalue weighted by Gasteiger charge is 2.15. The van der Waals surface area contributed by atoms with Crippen LogP contribution in [0, 0.1) is 19.3 Å². The molecular weight excluding hydrogens is 344 g/mol. The van der Waals surface area contributed by atoms with Crippen LogP contribution in [0.15, 0.2) is 24.5 Å². The van der Waals surface area contributed by atoms with Crippen molar-refractivity contribution in [1.29, 1.82) is 5.41 Å². The van der Waals surface area contributed by atoms with Gasteiger partial charge in [-0.3, -0.25) is 5.41 Å². The maximum atomic E-state index is 9.18. The Hall–Kier alpha value is -2.80. The van der Waals surface area contributed by atoms with E-state index in [2.05, 4.69) is 16.5 Å². The Morgan fingerprint density at radius 1 is 1.11 bits per heavy atom. The Morgan fingerprint density at radius 3 is 2.52 bits per heavy atom. The van der Waals surface area contributed by atoms with Gasteiger partial charge >= 0.3 is 0 Å². The van der Waals surface area contributed by atoms with Crippen molar-refractivity contribution in [3.63, 3.8) is 0 Å². The van der Waals surface area contributed by atoms with Crippen LogP contribution in [0.3, 0.4) is 0 Å². The first-order valence-corrected chi connectivity index (χ1v) is 8.93. The Bertz CT molecular complexity index is 1020. The van der Waals surface area contributed by atoms with Crippen LogP contribution >= 0.6 is 0 Å². The summed E-state index contributed by atoms with van der Waals surface area (Å²) in [6.07, 6.45) is 2.44. The molecule has 0 saturated carbocycles. The summed E-state index contributed by atoms with van der Waals surface area (Å²) >= 11 is 0. The van der Waals surface area contributed by atoms with Gasteiger partial charge in [0, 0.05) is 18.8 Å². The van der Waals surface area contributed by atoms with Gasteiger partial charge < -0.3 is 23.7 Å². The molecule has 2 heterocycles. The molecule has 0 fully saturated rings. The van der Waals surface area contributed by atoms with Crippen LogP contribution in [0.1, 0.15) is 16.8 Å². The molecule has 0 spiro atoms. The molecule has 0 bridgehead atoms. The average Bonchev–Trinajstić information content (AvgIpc) is 2.93. The molecule has 7 nitrogen and oxygen atoms in total. The molecule has 0 aliphatic heterocycles. The maximum Gasteiger partial charge on any atom is 0.160 e. The Morgan fingerprint density at radius 2 is 1.85 bits per heavy atom. The van der Waals surface area contributed by atoms with Gasteiger partial charge in [0.05, 0.1) is 32.5 Å². The van der Waals surface area contributed by atoms with E-state index in [1.807, 2.05) is 25.1 Å². The molecule has 3 rings (SSSR count). The van der Waals surface area contributed by atoms with Gasteiger partial charge in [-0.2, -0.15) is 0 Å². The lowest BCUT2D eigenvalue weighted by Gasteiger charge is -2.11. The number of benzene rings is 1. The number of aliphatic hydroxyl groups excluding tert-OH is 1. The van der Waals surface area contributed by atoms with Gasteiger partial charge in [-0.1, -0.05) is 6.07 Å². The molecule has 2 N–H and O–H groups in total. The number of rotatable bonds is 7. The summed E-state index contributed by atoms with van der Waals surface area (Å²) in [6.45, 7) is 5.19. The number of nitrogens with zero attached hydrogens (tertiary/aromatic N) is 3. The summed E-state index contributed by atoms with van der Waals surface area (Å²) in [5.41, 5.74) is 4.50. The lowest BCUT2D eigenvalue weighted by molar-refractivity contribution is 0.273. The van der Waals surface area contributed by atoms with E-state index >= 15 is 0 Å². The highest BCUT2D eigenvalue weighted by Crippen LogP contribution is 2.28. The summed E-state index contributed by atoms with van der Waals surface area (Å²) < 4.78 is 14.5. The first-order valence-electron chi connectivity index (χ1n) is 8.93. The summed E-state index contributed by atoms with van der Waals surface area (Å²) in [5.74, 6) is 1.44. The number of hydrogen-bond donors (Lipinski definition) is 2. The molecule has 0 unspecified atom stereocenters. The predicted octanol–water partition coefficient (Wildman–Crippen LogP) is 2.19. The number of nitrogens with one attached hydrogen (secondary N) is 1. The minimum atomic E-state index is -0.0121. The van der Waals surface area contributed by atoms with Crippen LogP contribution in [-0.2, 0) is 19.5 Å². The molecule has 0 radical (unpaired) electrons. The zero-order valence-electron chi connectivity index (χ0n) is 16.2. The quantitative estimate of drug-likeness (QED) is 0.668. The van der Waals surface area contributed by atoms with E-state index in [1.165, 1.54) is 0 Å². The molecule has 144 valence electrons. The van der Waals surface area contributed by atoms with Crippen LogP contribution in [0.4, 0.5) is 0 Å². The second-order valence-corrected chi connectivity index (χ2v) is 6.51. The molecular formula is C20H26N4O3. The third-order valence-electron chi connectivity index (χ3n) is 5.06. The SMILES string of the molecule is COc1ccc(CCn2c(C)c(C)c3c(=N)n(CCO)cnc32)cc1OC. The van der Waals surface area contributed by atoms with Crippen LogP contribution < -0.4 is 15.0 Å². The zero-order chi connectivity index (χ0) is 19.6. The second-order valence-electron chi connectivity index (χ2n) is 6.51. The molecule has 0 aliphatic carbocycles. The smallest absolute Gasteiger partial charge is 0.160 e. The highest BCUT2D eigenvalue weighted by atomic mass is 16.5. The summed E-state index contributed by atoms with van der Waals surface area (Å²) in [4.78, 5) is 4.57. The monoisotopic (exact) mass is 370 g/mol. The van der Waals surface area contributed by atoms with Crippen molar-refractivity contribution < 1.29 is 14.6 Å². The molecule has 27 heavy (non-hydrogen) atoms. The first-order chi connectivity index (χ1) is 13.0. The number of aliphatic hydroxyl groups is 1. The highest BCUT2D eigenvalue weighted by molar-refractivity contribution is 5.80. The van der Waals surface area contributed by atoms with Crippen LogP contribution in [-0.4, -0.2) is 40.1 Å². The number of ether oxygens (including phenoxy) is 2. The average molecular weight is 370 g/mol. The fourth-order valence-corrected chi connectivity index (χ4v) is 3.42. The van der Waals surface area contributed by atoms with Gasteiger partial charge in [0.1, 0.15) is 11.1 Å². The lowest BCUT2D eigenvalue weighted by atomic mass is 10.1. The fraction of sp³-hybridized carbons (Fsp3) is 0.400. The summed E-state index contributed by atoms with van der Waals surface area (Å²) in [7, 11) is 3.26. The minimum Gasteiger partial charge on any atom is -0.493 e. The van der Waals surface area contributed by atoms with E-state index in [0.29, 0.717) is 17.8 Å². The van der Waals surface area contributed by atoms with Gasteiger partial charge in [0.2, 0.25) is 0 Å². The fourth-order valence-electron chi connectivity index (χ4n) is 3.42. The van der Waals surface area contributed by atoms with E-state index < -0.39 is 0 Å². The van der Waals surface area contributed by atoms with Crippen molar-refractivity contribution in [1.82, 2.24) is 14.1 Å². The molecule has 2 aromatic heterocycles. The Kier molecular flexibility index (Phi) is 5.51. The molecule has 0 atom stereocenters. The van der Waals surface area contributed by atoms with E-state index in [4.69, 9.17) is 14.9 Å². The normalized spacial score (nSPS) is 11.1. The number of hydrogen-bond acceptors (Lipinski definition) is 5. The summed E-state index contributed by atoms with van der Waals surface area (Å²) in [6, 6.07) is 5.94. The number of aryl methyl sites for hydroxylation is 3. The first kappa shape index (κ1) is 19.0.